The number of fused-ring (bicyclic) bond motifs is 2. The lowest BCUT2D eigenvalue weighted by atomic mass is 10.2. The summed E-state index contributed by atoms with van der Waals surface area (Å²) in [5, 5.41) is 0.843. The van der Waals surface area contributed by atoms with E-state index in [4.69, 9.17) is 0 Å². The van der Waals surface area contributed by atoms with Gasteiger partial charge in [0.05, 0.1) is 0 Å². The van der Waals surface area contributed by atoms with E-state index in [9.17, 15) is 0 Å². The van der Waals surface area contributed by atoms with Crippen LogP contribution in [0, 0.1) is 6.92 Å². The Kier molecular flexibility index (Phi) is 1.90. The Morgan fingerprint density at radius 2 is 2.50 bits per heavy atom. The van der Waals surface area contributed by atoms with Crippen LogP contribution in [0.5, 0.6) is 0 Å². The average molecular weight is 207 g/mol. The van der Waals surface area contributed by atoms with E-state index < -0.39 is 0 Å². The van der Waals surface area contributed by atoms with Crippen LogP contribution in [-0.4, -0.2) is 33.6 Å². The van der Waals surface area contributed by atoms with Crippen LogP contribution >= 0.6 is 11.8 Å². The van der Waals surface area contributed by atoms with E-state index in [-0.39, 0.29) is 0 Å². The zero-order chi connectivity index (χ0) is 9.54. The molecule has 0 unspecified atom stereocenters. The lowest BCUT2D eigenvalue weighted by Crippen LogP contribution is -2.34. The molecular formula is C10H13N3S. The molecule has 2 aliphatic rings. The van der Waals surface area contributed by atoms with Crippen molar-refractivity contribution in [1.82, 2.24) is 9.97 Å². The van der Waals surface area contributed by atoms with E-state index in [1.165, 1.54) is 18.7 Å². The number of hydrogen-bond acceptors (Lipinski definition) is 4. The van der Waals surface area contributed by atoms with Crippen molar-refractivity contribution in [3.63, 3.8) is 0 Å². The van der Waals surface area contributed by atoms with Crippen molar-refractivity contribution >= 4 is 17.6 Å². The highest BCUT2D eigenvalue weighted by atomic mass is 32.2. The van der Waals surface area contributed by atoms with Crippen molar-refractivity contribution in [2.24, 2.45) is 0 Å². The number of hydrogen-bond donors (Lipinski definition) is 0. The molecular weight excluding hydrogens is 194 g/mol. The Morgan fingerprint density at radius 3 is 3.14 bits per heavy atom. The summed E-state index contributed by atoms with van der Waals surface area (Å²) in [5.41, 5.74) is 0. The topological polar surface area (TPSA) is 29.0 Å². The van der Waals surface area contributed by atoms with Gasteiger partial charge in [-0.05, 0) is 19.4 Å². The number of thioether (sulfide) groups is 1. The van der Waals surface area contributed by atoms with Crippen LogP contribution in [0.25, 0.3) is 0 Å². The third kappa shape index (κ3) is 1.29. The highest BCUT2D eigenvalue weighted by molar-refractivity contribution is 8.00. The van der Waals surface area contributed by atoms with E-state index in [2.05, 4.69) is 26.6 Å². The number of aromatic nitrogens is 2. The Hall–Kier alpha value is -0.770. The molecule has 4 heteroatoms. The molecule has 2 fully saturated rings. The molecule has 2 aliphatic heterocycles. The van der Waals surface area contributed by atoms with Gasteiger partial charge in [-0.1, -0.05) is 0 Å². The molecule has 0 saturated carbocycles. The van der Waals surface area contributed by atoms with Crippen LogP contribution < -0.4 is 4.90 Å². The van der Waals surface area contributed by atoms with Crippen molar-refractivity contribution in [3.8, 4) is 0 Å². The maximum Gasteiger partial charge on any atom is 0.132 e. The first kappa shape index (κ1) is 8.53. The maximum atomic E-state index is 4.48. The quantitative estimate of drug-likeness (QED) is 0.697. The lowest BCUT2D eigenvalue weighted by Gasteiger charge is -2.27. The van der Waals surface area contributed by atoms with Gasteiger partial charge in [-0.15, -0.1) is 0 Å². The molecule has 0 amide bonds. The molecule has 3 rings (SSSR count). The second kappa shape index (κ2) is 3.12. The summed E-state index contributed by atoms with van der Waals surface area (Å²) in [6.07, 6.45) is 3.20. The normalized spacial score (nSPS) is 29.9. The SMILES string of the molecule is Cc1nccc(N2C[C@H]3C[C@H]2CS3)n1. The molecule has 0 aromatic carbocycles. The second-order valence-corrected chi connectivity index (χ2v) is 5.29. The first-order valence-corrected chi connectivity index (χ1v) is 6.06. The van der Waals surface area contributed by atoms with Crippen molar-refractivity contribution in [2.75, 3.05) is 17.2 Å². The van der Waals surface area contributed by atoms with Gasteiger partial charge in [0.2, 0.25) is 0 Å². The fourth-order valence-electron chi connectivity index (χ4n) is 2.28. The minimum Gasteiger partial charge on any atom is -0.352 e. The highest BCUT2D eigenvalue weighted by Gasteiger charge is 2.38. The molecule has 14 heavy (non-hydrogen) atoms. The Bertz CT molecular complexity index is 355. The molecule has 0 spiro atoms. The molecule has 1 aromatic heterocycles. The fraction of sp³-hybridized carbons (Fsp3) is 0.600. The van der Waals surface area contributed by atoms with Gasteiger partial charge in [-0.2, -0.15) is 11.8 Å². The molecule has 0 radical (unpaired) electrons. The minimum absolute atomic E-state index is 0.722. The molecule has 3 nitrogen and oxygen atoms in total. The maximum absolute atomic E-state index is 4.48. The summed E-state index contributed by atoms with van der Waals surface area (Å²) in [4.78, 5) is 11.1. The van der Waals surface area contributed by atoms with Crippen molar-refractivity contribution in [3.05, 3.63) is 18.1 Å². The molecule has 2 atom stereocenters. The van der Waals surface area contributed by atoms with E-state index in [1.807, 2.05) is 19.2 Å². The number of nitrogens with zero attached hydrogens (tertiary/aromatic N) is 3. The third-order valence-electron chi connectivity index (χ3n) is 2.96. The lowest BCUT2D eigenvalue weighted by molar-refractivity contribution is 0.747. The van der Waals surface area contributed by atoms with Gasteiger partial charge >= 0.3 is 0 Å². The highest BCUT2D eigenvalue weighted by Crippen LogP contribution is 2.39. The summed E-state index contributed by atoms with van der Waals surface area (Å²) >= 11 is 2.11. The van der Waals surface area contributed by atoms with Gasteiger partial charge in [0, 0.05) is 29.8 Å². The second-order valence-electron chi connectivity index (χ2n) is 3.96. The molecule has 0 N–H and O–H groups in total. The number of aryl methyl sites for hydroxylation is 1. The standard InChI is InChI=1S/C10H13N3S/c1-7-11-3-2-10(12-7)13-5-9-4-8(13)6-14-9/h2-3,8-9H,4-6H2,1H3/t8-,9+/m0/s1. The van der Waals surface area contributed by atoms with Gasteiger partial charge in [0.25, 0.3) is 0 Å². The number of rotatable bonds is 1. The molecule has 2 bridgehead atoms. The Balaban J connectivity index is 1.89. The first-order chi connectivity index (χ1) is 6.83. The fourth-order valence-corrected chi connectivity index (χ4v) is 3.72. The van der Waals surface area contributed by atoms with E-state index in [0.29, 0.717) is 0 Å². The van der Waals surface area contributed by atoms with Crippen molar-refractivity contribution < 1.29 is 0 Å². The van der Waals surface area contributed by atoms with Crippen LogP contribution in [0.1, 0.15) is 12.2 Å². The zero-order valence-electron chi connectivity index (χ0n) is 8.18. The van der Waals surface area contributed by atoms with Crippen LogP contribution in [0.2, 0.25) is 0 Å². The van der Waals surface area contributed by atoms with Crippen LogP contribution in [0.15, 0.2) is 12.3 Å². The van der Waals surface area contributed by atoms with Crippen LogP contribution in [0.4, 0.5) is 5.82 Å². The van der Waals surface area contributed by atoms with E-state index in [1.54, 1.807) is 0 Å². The van der Waals surface area contributed by atoms with Crippen LogP contribution in [0.3, 0.4) is 0 Å². The van der Waals surface area contributed by atoms with E-state index in [0.717, 1.165) is 22.9 Å². The molecule has 2 saturated heterocycles. The van der Waals surface area contributed by atoms with Crippen molar-refractivity contribution in [2.45, 2.75) is 24.6 Å². The van der Waals surface area contributed by atoms with Crippen molar-refractivity contribution in [1.29, 1.82) is 0 Å². The zero-order valence-corrected chi connectivity index (χ0v) is 9.00. The number of anilines is 1. The summed E-state index contributed by atoms with van der Waals surface area (Å²) in [7, 11) is 0. The summed E-state index contributed by atoms with van der Waals surface area (Å²) in [6, 6.07) is 2.75. The summed E-state index contributed by atoms with van der Waals surface area (Å²) in [5.74, 6) is 3.26. The van der Waals surface area contributed by atoms with Crippen LogP contribution in [-0.2, 0) is 0 Å². The largest absolute Gasteiger partial charge is 0.352 e. The Morgan fingerprint density at radius 1 is 1.57 bits per heavy atom. The average Bonchev–Trinajstić information content (AvgIpc) is 2.78. The van der Waals surface area contributed by atoms with E-state index >= 15 is 0 Å². The minimum atomic E-state index is 0.722. The predicted molar refractivity (Wildman–Crippen MR) is 58.8 cm³/mol. The monoisotopic (exact) mass is 207 g/mol. The first-order valence-electron chi connectivity index (χ1n) is 5.01. The smallest absolute Gasteiger partial charge is 0.132 e. The molecule has 1 aromatic rings. The Labute approximate surface area is 87.9 Å². The predicted octanol–water partition coefficient (Wildman–Crippen LogP) is 1.48. The van der Waals surface area contributed by atoms with Gasteiger partial charge in [0.1, 0.15) is 11.6 Å². The van der Waals surface area contributed by atoms with Gasteiger partial charge in [-0.3, -0.25) is 0 Å². The van der Waals surface area contributed by atoms with Gasteiger partial charge in [0.15, 0.2) is 0 Å². The van der Waals surface area contributed by atoms with Gasteiger partial charge < -0.3 is 4.90 Å². The molecule has 0 aliphatic carbocycles. The van der Waals surface area contributed by atoms with Gasteiger partial charge in [-0.25, -0.2) is 9.97 Å². The summed E-state index contributed by atoms with van der Waals surface area (Å²) in [6.45, 7) is 3.12. The molecule has 3 heterocycles. The third-order valence-corrected chi connectivity index (χ3v) is 4.35. The molecule has 74 valence electrons. The summed E-state index contributed by atoms with van der Waals surface area (Å²) < 4.78 is 0.